The minimum atomic E-state index is -0.681. The number of aromatic nitrogens is 3. The highest BCUT2D eigenvalue weighted by Gasteiger charge is 2.24. The number of pyridine rings is 1. The topological polar surface area (TPSA) is 112 Å². The van der Waals surface area contributed by atoms with Crippen molar-refractivity contribution in [3.63, 3.8) is 0 Å². The van der Waals surface area contributed by atoms with Crippen molar-refractivity contribution < 1.29 is 4.79 Å². The van der Waals surface area contributed by atoms with Crippen LogP contribution in [0.1, 0.15) is 19.5 Å². The molecule has 0 unspecified atom stereocenters. The second kappa shape index (κ2) is 5.52. The number of amides is 2. The van der Waals surface area contributed by atoms with Gasteiger partial charge in [-0.15, -0.1) is 0 Å². The van der Waals surface area contributed by atoms with Crippen molar-refractivity contribution in [3.8, 4) is 11.1 Å². The summed E-state index contributed by atoms with van der Waals surface area (Å²) in [7, 11) is 1.87. The Hall–Kier alpha value is -3.09. The number of fused-ring (bicyclic) bond motifs is 1. The van der Waals surface area contributed by atoms with Gasteiger partial charge in [0.1, 0.15) is 0 Å². The highest BCUT2D eigenvalue weighted by molar-refractivity contribution is 5.96. The zero-order chi connectivity index (χ0) is 17.5. The number of benzene rings is 1. The molecular weight excluding hydrogens is 304 g/mol. The van der Waals surface area contributed by atoms with Gasteiger partial charge in [0.25, 0.3) is 0 Å². The van der Waals surface area contributed by atoms with Gasteiger partial charge in [-0.2, -0.15) is 5.10 Å². The largest absolute Gasteiger partial charge is 0.398 e. The number of carbonyl (C=O) groups excluding carboxylic acids is 1. The zero-order valence-corrected chi connectivity index (χ0v) is 13.9. The second-order valence-corrected chi connectivity index (χ2v) is 6.37. The average molecular weight is 324 g/mol. The molecule has 1 aromatic carbocycles. The highest BCUT2D eigenvalue weighted by atomic mass is 16.2. The van der Waals surface area contributed by atoms with Gasteiger partial charge < -0.3 is 16.8 Å². The van der Waals surface area contributed by atoms with Gasteiger partial charge in [-0.05, 0) is 43.0 Å². The number of nitrogens with zero attached hydrogens (tertiary/aromatic N) is 3. The molecule has 0 aliphatic carbocycles. The fraction of sp³-hybridized carbons (Fsp3) is 0.235. The molecule has 0 aliphatic heterocycles. The third kappa shape index (κ3) is 2.88. The molecule has 124 valence electrons. The molecule has 7 heteroatoms. The van der Waals surface area contributed by atoms with Gasteiger partial charge in [-0.1, -0.05) is 0 Å². The molecule has 2 aromatic heterocycles. The second-order valence-electron chi connectivity index (χ2n) is 6.37. The molecule has 0 fully saturated rings. The molecule has 0 saturated heterocycles. The minimum Gasteiger partial charge on any atom is -0.398 e. The molecular formula is C17H20N6O. The van der Waals surface area contributed by atoms with Crippen LogP contribution in [0, 0.1) is 0 Å². The van der Waals surface area contributed by atoms with Crippen LogP contribution in [0.5, 0.6) is 0 Å². The molecule has 3 rings (SSSR count). The molecule has 2 heterocycles. The van der Waals surface area contributed by atoms with Crippen LogP contribution in [-0.2, 0) is 12.6 Å². The van der Waals surface area contributed by atoms with E-state index in [-0.39, 0.29) is 0 Å². The fourth-order valence-electron chi connectivity index (χ4n) is 2.74. The van der Waals surface area contributed by atoms with Crippen LogP contribution >= 0.6 is 0 Å². The molecule has 0 saturated carbocycles. The summed E-state index contributed by atoms with van der Waals surface area (Å²) >= 11 is 0. The summed E-state index contributed by atoms with van der Waals surface area (Å²) in [6.07, 6.45) is 5.44. The maximum absolute atomic E-state index is 11.2. The number of hydrogen-bond donors (Lipinski definition) is 3. The maximum atomic E-state index is 11.2. The number of nitrogen functional groups attached to an aromatic ring is 1. The monoisotopic (exact) mass is 324 g/mol. The predicted octanol–water partition coefficient (Wildman–Crippen LogP) is 2.12. The van der Waals surface area contributed by atoms with Crippen molar-refractivity contribution in [1.82, 2.24) is 20.1 Å². The highest BCUT2D eigenvalue weighted by Crippen LogP contribution is 2.31. The first-order valence-corrected chi connectivity index (χ1v) is 7.52. The summed E-state index contributed by atoms with van der Waals surface area (Å²) in [6, 6.07) is 5.27. The summed E-state index contributed by atoms with van der Waals surface area (Å²) in [5.74, 6) is 0. The lowest BCUT2D eigenvalue weighted by Crippen LogP contribution is -2.44. The normalized spacial score (nSPS) is 11.6. The SMILES string of the molecule is Cn1cc(-c2cc(N)c3cnc(C(C)(C)NC(N)=O)cc3c2)cn1. The van der Waals surface area contributed by atoms with Crippen LogP contribution in [0.4, 0.5) is 10.5 Å². The van der Waals surface area contributed by atoms with E-state index < -0.39 is 11.6 Å². The predicted molar refractivity (Wildman–Crippen MR) is 94.1 cm³/mol. The van der Waals surface area contributed by atoms with Gasteiger partial charge in [-0.25, -0.2) is 4.79 Å². The van der Waals surface area contributed by atoms with Gasteiger partial charge in [0.05, 0.1) is 17.4 Å². The van der Waals surface area contributed by atoms with Crippen LogP contribution in [-0.4, -0.2) is 20.8 Å². The van der Waals surface area contributed by atoms with Crippen molar-refractivity contribution >= 4 is 22.5 Å². The Balaban J connectivity index is 2.12. The van der Waals surface area contributed by atoms with Gasteiger partial charge >= 0.3 is 6.03 Å². The third-order valence-electron chi connectivity index (χ3n) is 3.98. The summed E-state index contributed by atoms with van der Waals surface area (Å²) < 4.78 is 1.74. The van der Waals surface area contributed by atoms with Crippen molar-refractivity contribution in [3.05, 3.63) is 42.5 Å². The third-order valence-corrected chi connectivity index (χ3v) is 3.98. The first-order chi connectivity index (χ1) is 11.3. The van der Waals surface area contributed by atoms with E-state index in [4.69, 9.17) is 11.5 Å². The molecule has 0 atom stereocenters. The molecule has 3 aromatic rings. The van der Waals surface area contributed by atoms with Crippen molar-refractivity contribution in [2.45, 2.75) is 19.4 Å². The summed E-state index contributed by atoms with van der Waals surface area (Å²) in [6.45, 7) is 3.69. The number of anilines is 1. The molecule has 0 radical (unpaired) electrons. The zero-order valence-electron chi connectivity index (χ0n) is 13.9. The van der Waals surface area contributed by atoms with Crippen LogP contribution in [0.3, 0.4) is 0 Å². The van der Waals surface area contributed by atoms with E-state index >= 15 is 0 Å². The number of nitrogens with two attached hydrogens (primary N) is 2. The van der Waals surface area contributed by atoms with Crippen LogP contribution in [0.2, 0.25) is 0 Å². The number of carbonyl (C=O) groups is 1. The van der Waals surface area contributed by atoms with E-state index in [1.165, 1.54) is 0 Å². The Labute approximate surface area is 139 Å². The number of rotatable bonds is 3. The Bertz CT molecular complexity index is 928. The maximum Gasteiger partial charge on any atom is 0.312 e. The van der Waals surface area contributed by atoms with E-state index in [1.54, 1.807) is 17.1 Å². The first-order valence-electron chi connectivity index (χ1n) is 7.52. The Morgan fingerprint density at radius 2 is 1.96 bits per heavy atom. The lowest BCUT2D eigenvalue weighted by atomic mass is 9.96. The smallest absolute Gasteiger partial charge is 0.312 e. The molecule has 0 bridgehead atoms. The molecule has 7 nitrogen and oxygen atoms in total. The van der Waals surface area contributed by atoms with Crippen molar-refractivity contribution in [2.75, 3.05) is 5.73 Å². The standard InChI is InChI=1S/C17H20N6O/c1-17(2,22-16(19)24)15-6-11-4-10(12-7-21-23(3)9-12)5-14(18)13(11)8-20-15/h4-9H,18H2,1-3H3,(H3,19,22,24). The summed E-state index contributed by atoms with van der Waals surface area (Å²) in [5, 5.41) is 8.70. The molecule has 24 heavy (non-hydrogen) atoms. The van der Waals surface area contributed by atoms with Gasteiger partial charge in [0.2, 0.25) is 0 Å². The summed E-state index contributed by atoms with van der Waals surface area (Å²) in [5.41, 5.74) is 14.1. The van der Waals surface area contributed by atoms with Gasteiger partial charge in [0, 0.05) is 36.1 Å². The number of hydrogen-bond acceptors (Lipinski definition) is 4. The number of primary amides is 1. The fourth-order valence-corrected chi connectivity index (χ4v) is 2.74. The van der Waals surface area contributed by atoms with Crippen molar-refractivity contribution in [2.24, 2.45) is 12.8 Å². The van der Waals surface area contributed by atoms with E-state index in [1.807, 2.05) is 45.3 Å². The quantitative estimate of drug-likeness (QED) is 0.641. The minimum absolute atomic E-state index is 0.592. The number of nitrogens with one attached hydrogen (secondary N) is 1. The Morgan fingerprint density at radius 1 is 1.21 bits per heavy atom. The molecule has 5 N–H and O–H groups in total. The summed E-state index contributed by atoms with van der Waals surface area (Å²) in [4.78, 5) is 15.6. The lowest BCUT2D eigenvalue weighted by molar-refractivity contribution is 0.238. The van der Waals surface area contributed by atoms with E-state index in [0.717, 1.165) is 21.9 Å². The van der Waals surface area contributed by atoms with Gasteiger partial charge in [0.15, 0.2) is 0 Å². The van der Waals surface area contributed by atoms with Crippen LogP contribution in [0.25, 0.3) is 21.9 Å². The Kier molecular flexibility index (Phi) is 3.63. The Morgan fingerprint density at radius 3 is 2.58 bits per heavy atom. The lowest BCUT2D eigenvalue weighted by Gasteiger charge is -2.25. The van der Waals surface area contributed by atoms with E-state index in [9.17, 15) is 4.79 Å². The van der Waals surface area contributed by atoms with Crippen LogP contribution in [0.15, 0.2) is 36.8 Å². The van der Waals surface area contributed by atoms with E-state index in [0.29, 0.717) is 11.4 Å². The number of urea groups is 1. The molecule has 2 amide bonds. The molecule has 0 spiro atoms. The molecule has 0 aliphatic rings. The first kappa shape index (κ1) is 15.8. The number of aryl methyl sites for hydroxylation is 1. The van der Waals surface area contributed by atoms with Crippen LogP contribution < -0.4 is 16.8 Å². The average Bonchev–Trinajstić information content (AvgIpc) is 2.92. The van der Waals surface area contributed by atoms with Gasteiger partial charge in [-0.3, -0.25) is 9.67 Å². The van der Waals surface area contributed by atoms with E-state index in [2.05, 4.69) is 15.4 Å². The van der Waals surface area contributed by atoms with Crippen molar-refractivity contribution in [1.29, 1.82) is 0 Å².